The Hall–Kier alpha value is -3.21. The van der Waals surface area contributed by atoms with Crippen LogP contribution in [0.15, 0.2) is 65.9 Å². The van der Waals surface area contributed by atoms with E-state index in [1.807, 2.05) is 30.3 Å². The van der Waals surface area contributed by atoms with E-state index in [4.69, 9.17) is 0 Å². The van der Waals surface area contributed by atoms with Crippen molar-refractivity contribution in [3.63, 3.8) is 0 Å². The number of Topliss-reactive ketones (excluding diaryl/α,β-unsaturated/α-hetero) is 1. The standard InChI is InChI=1S/C22H18FN3O/c23-15-11-9-13(10-12-15)18-19-16(7-4-8-17(19)27)24-22-20(18)21(25-26-22)14-5-2-1-3-6-14/h1-3,5-6,9-12,18H,4,7-8H2,(H2,24,25,26). The summed E-state index contributed by atoms with van der Waals surface area (Å²) in [7, 11) is 0. The maximum atomic E-state index is 13.5. The van der Waals surface area contributed by atoms with E-state index in [1.54, 1.807) is 12.1 Å². The lowest BCUT2D eigenvalue weighted by molar-refractivity contribution is -0.116. The van der Waals surface area contributed by atoms with Gasteiger partial charge in [-0.2, -0.15) is 5.10 Å². The van der Waals surface area contributed by atoms with Crippen molar-refractivity contribution in [2.45, 2.75) is 25.2 Å². The highest BCUT2D eigenvalue weighted by atomic mass is 19.1. The maximum absolute atomic E-state index is 13.5. The van der Waals surface area contributed by atoms with Crippen molar-refractivity contribution in [3.8, 4) is 11.3 Å². The summed E-state index contributed by atoms with van der Waals surface area (Å²) in [5.41, 5.74) is 5.48. The molecule has 2 heterocycles. The first-order chi connectivity index (χ1) is 13.2. The Balaban J connectivity index is 1.75. The second-order valence-electron chi connectivity index (χ2n) is 7.01. The Labute approximate surface area is 156 Å². The van der Waals surface area contributed by atoms with Crippen LogP contribution in [-0.2, 0) is 4.79 Å². The highest BCUT2D eigenvalue weighted by Crippen LogP contribution is 2.47. The van der Waals surface area contributed by atoms with Crippen LogP contribution < -0.4 is 5.32 Å². The molecule has 0 radical (unpaired) electrons. The Kier molecular flexibility index (Phi) is 3.67. The van der Waals surface area contributed by atoms with E-state index in [0.717, 1.165) is 52.3 Å². The van der Waals surface area contributed by atoms with Crippen LogP contribution in [0.4, 0.5) is 10.2 Å². The average molecular weight is 359 g/mol. The molecule has 1 aliphatic carbocycles. The second-order valence-corrected chi connectivity index (χ2v) is 7.01. The monoisotopic (exact) mass is 359 g/mol. The summed E-state index contributed by atoms with van der Waals surface area (Å²) in [4.78, 5) is 12.9. The van der Waals surface area contributed by atoms with Gasteiger partial charge in [0.25, 0.3) is 0 Å². The first-order valence-electron chi connectivity index (χ1n) is 9.15. The number of carbonyl (C=O) groups is 1. The Bertz CT molecular complexity index is 1050. The van der Waals surface area contributed by atoms with E-state index >= 15 is 0 Å². The number of hydrogen-bond donors (Lipinski definition) is 2. The summed E-state index contributed by atoms with van der Waals surface area (Å²) in [6.45, 7) is 0. The van der Waals surface area contributed by atoms with Gasteiger partial charge in [-0.1, -0.05) is 42.5 Å². The fourth-order valence-electron chi connectivity index (χ4n) is 4.16. The van der Waals surface area contributed by atoms with Gasteiger partial charge >= 0.3 is 0 Å². The number of halogens is 1. The first-order valence-corrected chi connectivity index (χ1v) is 9.15. The lowest BCUT2D eigenvalue weighted by atomic mass is 9.75. The van der Waals surface area contributed by atoms with Gasteiger partial charge in [-0.25, -0.2) is 4.39 Å². The highest BCUT2D eigenvalue weighted by Gasteiger charge is 2.38. The number of allylic oxidation sites excluding steroid dienone is 2. The molecular formula is C22H18FN3O. The number of aromatic nitrogens is 2. The highest BCUT2D eigenvalue weighted by molar-refractivity contribution is 6.01. The number of hydrogen-bond acceptors (Lipinski definition) is 3. The number of H-pyrrole nitrogens is 1. The van der Waals surface area contributed by atoms with Gasteiger partial charge in [-0.15, -0.1) is 0 Å². The molecule has 5 heteroatoms. The lowest BCUT2D eigenvalue weighted by Crippen LogP contribution is -2.26. The molecule has 0 saturated heterocycles. The number of aromatic amines is 1. The van der Waals surface area contributed by atoms with E-state index in [1.165, 1.54) is 12.1 Å². The van der Waals surface area contributed by atoms with E-state index in [0.29, 0.717) is 6.42 Å². The van der Waals surface area contributed by atoms with E-state index in [9.17, 15) is 9.18 Å². The van der Waals surface area contributed by atoms with Crippen LogP contribution in [0, 0.1) is 5.82 Å². The normalized spacial score (nSPS) is 18.7. The largest absolute Gasteiger partial charge is 0.342 e. The number of benzene rings is 2. The molecule has 1 unspecified atom stereocenters. The Morgan fingerprint density at radius 2 is 1.78 bits per heavy atom. The molecule has 1 atom stereocenters. The molecule has 0 saturated carbocycles. The molecule has 5 rings (SSSR count). The number of nitrogens with zero attached hydrogens (tertiary/aromatic N) is 1. The van der Waals surface area contributed by atoms with Gasteiger partial charge in [-0.3, -0.25) is 9.89 Å². The van der Waals surface area contributed by atoms with Crippen LogP contribution in [-0.4, -0.2) is 16.0 Å². The van der Waals surface area contributed by atoms with Gasteiger partial charge in [-0.05, 0) is 36.1 Å². The van der Waals surface area contributed by atoms with E-state index < -0.39 is 0 Å². The fourth-order valence-corrected chi connectivity index (χ4v) is 4.16. The van der Waals surface area contributed by atoms with Crippen molar-refractivity contribution in [2.24, 2.45) is 0 Å². The van der Waals surface area contributed by atoms with Crippen molar-refractivity contribution in [2.75, 3.05) is 5.32 Å². The SMILES string of the molecule is O=C1CCCC2=C1C(c1ccc(F)cc1)c1c(n[nH]c1-c1ccccc1)N2. The summed E-state index contributed by atoms with van der Waals surface area (Å²) < 4.78 is 13.5. The predicted octanol–water partition coefficient (Wildman–Crippen LogP) is 4.78. The molecule has 0 fully saturated rings. The number of ketones is 1. The fraction of sp³-hybridized carbons (Fsp3) is 0.182. The Morgan fingerprint density at radius 3 is 2.56 bits per heavy atom. The zero-order chi connectivity index (χ0) is 18.4. The van der Waals surface area contributed by atoms with Crippen LogP contribution >= 0.6 is 0 Å². The zero-order valence-corrected chi connectivity index (χ0v) is 14.6. The molecule has 2 N–H and O–H groups in total. The minimum absolute atomic E-state index is 0.156. The van der Waals surface area contributed by atoms with E-state index in [2.05, 4.69) is 15.5 Å². The molecule has 3 aromatic rings. The van der Waals surface area contributed by atoms with E-state index in [-0.39, 0.29) is 17.5 Å². The minimum atomic E-state index is -0.285. The quantitative estimate of drug-likeness (QED) is 0.692. The molecule has 134 valence electrons. The van der Waals surface area contributed by atoms with Crippen molar-refractivity contribution in [3.05, 3.63) is 82.8 Å². The number of carbonyl (C=O) groups excluding carboxylic acids is 1. The molecule has 1 aliphatic heterocycles. The van der Waals surface area contributed by atoms with Crippen molar-refractivity contribution < 1.29 is 9.18 Å². The van der Waals surface area contributed by atoms with Gasteiger partial charge in [0, 0.05) is 29.2 Å². The topological polar surface area (TPSA) is 57.8 Å². The second kappa shape index (κ2) is 6.20. The van der Waals surface area contributed by atoms with Gasteiger partial charge in [0.05, 0.1) is 5.69 Å². The third kappa shape index (κ3) is 2.58. The summed E-state index contributed by atoms with van der Waals surface area (Å²) in [5, 5.41) is 11.0. The Morgan fingerprint density at radius 1 is 1.00 bits per heavy atom. The molecular weight excluding hydrogens is 341 g/mol. The zero-order valence-electron chi connectivity index (χ0n) is 14.6. The summed E-state index contributed by atoms with van der Waals surface area (Å²) >= 11 is 0. The third-order valence-corrected chi connectivity index (χ3v) is 5.37. The molecule has 0 amide bonds. The summed E-state index contributed by atoms with van der Waals surface area (Å²) in [6, 6.07) is 16.4. The molecule has 0 bridgehead atoms. The summed E-state index contributed by atoms with van der Waals surface area (Å²) in [5.74, 6) is 0.367. The van der Waals surface area contributed by atoms with Crippen LogP contribution in [0.1, 0.15) is 36.3 Å². The molecule has 2 aliphatic rings. The number of anilines is 1. The van der Waals surface area contributed by atoms with Crippen LogP contribution in [0.5, 0.6) is 0 Å². The van der Waals surface area contributed by atoms with Crippen LogP contribution in [0.25, 0.3) is 11.3 Å². The molecule has 0 spiro atoms. The van der Waals surface area contributed by atoms with Crippen LogP contribution in [0.3, 0.4) is 0 Å². The molecule has 1 aromatic heterocycles. The van der Waals surface area contributed by atoms with Crippen molar-refractivity contribution >= 4 is 11.6 Å². The molecule has 4 nitrogen and oxygen atoms in total. The molecule has 27 heavy (non-hydrogen) atoms. The van der Waals surface area contributed by atoms with Gasteiger partial charge in [0.1, 0.15) is 5.82 Å². The maximum Gasteiger partial charge on any atom is 0.161 e. The molecule has 2 aromatic carbocycles. The predicted molar refractivity (Wildman–Crippen MR) is 102 cm³/mol. The smallest absolute Gasteiger partial charge is 0.161 e. The average Bonchev–Trinajstić information content (AvgIpc) is 3.12. The van der Waals surface area contributed by atoms with Gasteiger partial charge in [0.15, 0.2) is 11.6 Å². The van der Waals surface area contributed by atoms with Crippen LogP contribution in [0.2, 0.25) is 0 Å². The van der Waals surface area contributed by atoms with Crippen molar-refractivity contribution in [1.82, 2.24) is 10.2 Å². The number of rotatable bonds is 2. The van der Waals surface area contributed by atoms with Gasteiger partial charge in [0.2, 0.25) is 0 Å². The number of nitrogens with one attached hydrogen (secondary N) is 2. The lowest BCUT2D eigenvalue weighted by Gasteiger charge is -2.32. The van der Waals surface area contributed by atoms with Gasteiger partial charge < -0.3 is 5.32 Å². The number of fused-ring (bicyclic) bond motifs is 1. The van der Waals surface area contributed by atoms with Crippen molar-refractivity contribution in [1.29, 1.82) is 0 Å². The third-order valence-electron chi connectivity index (χ3n) is 5.37. The minimum Gasteiger partial charge on any atom is -0.342 e. The summed E-state index contributed by atoms with van der Waals surface area (Å²) in [6.07, 6.45) is 2.21. The first kappa shape index (κ1) is 16.0.